The van der Waals surface area contributed by atoms with E-state index in [-0.39, 0.29) is 72.1 Å². The summed E-state index contributed by atoms with van der Waals surface area (Å²) in [5.41, 5.74) is 9.36. The average Bonchev–Trinajstić information content (AvgIpc) is 0.765. The lowest BCUT2D eigenvalue weighted by Crippen LogP contribution is -2.65. The van der Waals surface area contributed by atoms with Gasteiger partial charge in [-0.15, -0.1) is 0 Å². The summed E-state index contributed by atoms with van der Waals surface area (Å²) in [7, 11) is 1.46. The normalized spacial score (nSPS) is 28.0. The van der Waals surface area contributed by atoms with E-state index in [9.17, 15) is 85.8 Å². The van der Waals surface area contributed by atoms with Gasteiger partial charge in [-0.2, -0.15) is 0 Å². The lowest BCUT2D eigenvalue weighted by atomic mass is 9.86. The van der Waals surface area contributed by atoms with Crippen molar-refractivity contribution < 1.29 is 147 Å². The second-order valence-electron chi connectivity index (χ2n) is 34.9. The molecular formula is C93H104Cl2N12O31. The van der Waals surface area contributed by atoms with Crippen LogP contribution in [0.2, 0.25) is 10.0 Å². The van der Waals surface area contributed by atoms with Crippen LogP contribution in [0.25, 0.3) is 11.1 Å². The first-order valence-electron chi connectivity index (χ1n) is 43.7. The molecule has 11 bridgehead atoms. The zero-order chi connectivity index (χ0) is 99.5. The van der Waals surface area contributed by atoms with Gasteiger partial charge in [-0.3, -0.25) is 48.5 Å². The third-order valence-electron chi connectivity index (χ3n) is 24.3. The van der Waals surface area contributed by atoms with Crippen molar-refractivity contribution in [3.63, 3.8) is 0 Å². The topological polar surface area (TPSA) is 666 Å². The molecule has 8 aromatic rings. The minimum absolute atomic E-state index is 0.0292. The number of aliphatic hydroxyl groups excluding tert-OH is 9. The first-order valence-corrected chi connectivity index (χ1v) is 44.5. The summed E-state index contributed by atoms with van der Waals surface area (Å²) < 4.78 is 57.3. The van der Waals surface area contributed by atoms with Crippen LogP contribution in [-0.2, 0) is 70.4 Å². The SMILES string of the molecule is CN[C@H](CC(C)C)C(=O)NC1C(=O)NC(CC(N)=O)C(=O)N[C@H]2C(=O)NC3C(=O)N[C@H](C(=O)N[C@@H](O)c4cc(O)cc(O)c4-c4cc3ccc4O)[C@H](O[C@H]3C[C@](C)(N)[C@@H](O)[C@H](C)O3)c3ccc(c(Cl)c3)Oc3cc2cc(c3O[C@@H]2O[C@H](CO)[C@@H](O[C@@H]3O[C@H](CNCc4cccc(NC(=O)c5ccc(C)c(OCc6ccccc6)c5[N+](=O)[O-])c4)[C@H](O)[C@H](O)[C@H]3O)[C@H](O)[C@H]2O)Oc2ccc(cc2Cl)[C@H]1O. The Morgan fingerprint density at radius 3 is 1.96 bits per heavy atom. The number of nitrogens with two attached hydrogens (primary N) is 2. The van der Waals surface area contributed by atoms with E-state index >= 15 is 24.0 Å². The van der Waals surface area contributed by atoms with Crippen molar-refractivity contribution in [2.45, 2.75) is 207 Å². The molecule has 23 atom stereocenters. The number of amides is 8. The number of rotatable bonds is 24. The molecule has 3 unspecified atom stereocenters. The van der Waals surface area contributed by atoms with E-state index < -0.39 is 289 Å². The molecule has 8 aliphatic rings. The molecule has 8 aliphatic heterocycles. The summed E-state index contributed by atoms with van der Waals surface area (Å²) in [6.07, 6.45) is -32.1. The number of halogens is 2. The number of carbonyl (C=O) groups is 8. The Kier molecular flexibility index (Phi) is 31.4. The third-order valence-corrected chi connectivity index (χ3v) is 24.9. The predicted octanol–water partition coefficient (Wildman–Crippen LogP) is 2.64. The van der Waals surface area contributed by atoms with Crippen LogP contribution in [0.15, 0.2) is 146 Å². The van der Waals surface area contributed by atoms with E-state index in [1.165, 1.54) is 51.2 Å². The molecule has 0 spiro atoms. The molecule has 3 fully saturated rings. The number of hydrogen-bond acceptors (Lipinski definition) is 34. The molecule has 43 nitrogen and oxygen atoms in total. The maximum Gasteiger partial charge on any atom is 0.323 e. The second-order valence-corrected chi connectivity index (χ2v) is 35.7. The van der Waals surface area contributed by atoms with Crippen LogP contribution in [0.4, 0.5) is 11.4 Å². The first kappa shape index (κ1) is 101. The summed E-state index contributed by atoms with van der Waals surface area (Å²) in [6, 6.07) is 19.7. The van der Waals surface area contributed by atoms with Gasteiger partial charge in [-0.05, 0) is 152 Å². The Hall–Kier alpha value is -12.6. The Balaban J connectivity index is 0.845. The number of likely N-dealkylation sites (N-methyl/N-ethyl adjacent to an activating group) is 1. The van der Waals surface area contributed by atoms with E-state index in [0.717, 1.165) is 72.3 Å². The number of hydrogen-bond donors (Lipinski definition) is 23. The highest BCUT2D eigenvalue weighted by atomic mass is 35.5. The third kappa shape index (κ3) is 22.4. The number of aromatic hydroxyl groups is 3. The number of carbonyl (C=O) groups excluding carboxylic acids is 8. The molecule has 0 aliphatic carbocycles. The number of primary amides is 1. The molecule has 16 rings (SSSR count). The van der Waals surface area contributed by atoms with Crippen molar-refractivity contribution in [3.05, 3.63) is 216 Å². The van der Waals surface area contributed by atoms with E-state index in [4.69, 9.17) is 77.3 Å². The van der Waals surface area contributed by atoms with Crippen molar-refractivity contribution in [3.8, 4) is 62.9 Å². The van der Waals surface area contributed by atoms with Gasteiger partial charge < -0.3 is 163 Å². The minimum Gasteiger partial charge on any atom is -0.508 e. The molecule has 138 heavy (non-hydrogen) atoms. The number of anilines is 1. The highest BCUT2D eigenvalue weighted by Gasteiger charge is 2.53. The number of phenolic OH excluding ortho intramolecular Hbond substituents is 3. The standard InChI is InChI=1S/C93H104Cl2N12O31/c1-38(2)23-54(98-6)85(122)104-69-72(113)44-17-21-58(52(94)26-44)132-60-28-46-29-61(80(60)137-92-77(118)75(116)81(63(36-108)135-92)138-91-76(117)74(115)73(114)62(134-91)35-99-34-42-13-10-14-47(24-42)100-83(120)49-19-15-39(3)78(71(49)107(128)129)130-37-41-11-8-7-9-12-41)133-59-22-18-45(27-53(59)95)79(136-65-33-93(5,97)82(119)40(4)131-65)70-90(127)106-84(121)51-30-48(109)31-57(111)66(51)50-25-43(16-20-56(50)110)67(87(124)105-70)103-88(125)68(46)102-86(123)55(32-64(96)112)101-89(69)126/h7-22,24-31,38,40,54-55,62-63,65,67-70,72-77,79,81-82,84,91-92,98-99,108-111,113-119,121H,23,32-37,97H2,1-6H3,(H2,96,112)(H,100,120)(H,101,126)(H,102,123)(H,103,125)(H,104,122)(H,105,124)(H,106,127)/t40-,54+,55?,62+,63+,65-,67?,68+,69?,70-,72+,73-,74-,75+,76+,77+,79+,81+,82-,84-,91-,92-,93-/m0/s1. The number of nitro groups is 1. The number of phenols is 3. The molecule has 3 saturated heterocycles. The van der Waals surface area contributed by atoms with Gasteiger partial charge in [-0.1, -0.05) is 104 Å². The van der Waals surface area contributed by atoms with E-state index in [0.29, 0.717) is 11.1 Å². The Labute approximate surface area is 796 Å². The summed E-state index contributed by atoms with van der Waals surface area (Å²) in [6.45, 7) is 6.60. The van der Waals surface area contributed by atoms with Crippen LogP contribution in [0, 0.1) is 23.0 Å². The minimum atomic E-state index is -2.42. The number of aryl methyl sites for hydroxylation is 1. The van der Waals surface area contributed by atoms with Gasteiger partial charge >= 0.3 is 5.69 Å². The summed E-state index contributed by atoms with van der Waals surface area (Å²) >= 11 is 14.5. The Morgan fingerprint density at radius 2 is 1.30 bits per heavy atom. The monoisotopic (exact) mass is 1950 g/mol. The summed E-state index contributed by atoms with van der Waals surface area (Å²) in [5, 5.41) is 176. The van der Waals surface area contributed by atoms with Crippen LogP contribution in [0.5, 0.6) is 51.7 Å². The first-order chi connectivity index (χ1) is 65.6. The van der Waals surface area contributed by atoms with Crippen LogP contribution >= 0.6 is 23.2 Å². The van der Waals surface area contributed by atoms with Gasteiger partial charge in [0.25, 0.3) is 5.91 Å². The quantitative estimate of drug-likeness (QED) is 0.0305. The van der Waals surface area contributed by atoms with Gasteiger partial charge in [0.15, 0.2) is 30.3 Å². The predicted molar refractivity (Wildman–Crippen MR) is 484 cm³/mol. The van der Waals surface area contributed by atoms with E-state index in [2.05, 4.69) is 47.9 Å². The number of fused-ring (bicyclic) bond motifs is 15. The van der Waals surface area contributed by atoms with Crippen molar-refractivity contribution in [2.75, 3.05) is 25.5 Å². The number of nitro benzene ring substituents is 1. The fourth-order valence-electron chi connectivity index (χ4n) is 17.0. The number of ether oxygens (including phenoxy) is 9. The average molecular weight is 1960 g/mol. The lowest BCUT2D eigenvalue weighted by Gasteiger charge is -2.46. The zero-order valence-electron chi connectivity index (χ0n) is 74.6. The van der Waals surface area contributed by atoms with Crippen LogP contribution in [0.3, 0.4) is 0 Å². The highest BCUT2D eigenvalue weighted by Crippen LogP contribution is 2.51. The number of aliphatic hydroxyl groups is 9. The molecule has 25 N–H and O–H groups in total. The van der Waals surface area contributed by atoms with Crippen molar-refractivity contribution in [1.29, 1.82) is 0 Å². The van der Waals surface area contributed by atoms with E-state index in [1.54, 1.807) is 69.3 Å². The summed E-state index contributed by atoms with van der Waals surface area (Å²) in [4.78, 5) is 132. The number of nitrogens with one attached hydrogen (secondary N) is 9. The molecule has 0 aromatic heterocycles. The molecule has 45 heteroatoms. The van der Waals surface area contributed by atoms with Crippen molar-refractivity contribution in [2.24, 2.45) is 17.4 Å². The molecule has 736 valence electrons. The molecule has 0 radical (unpaired) electrons. The van der Waals surface area contributed by atoms with Crippen molar-refractivity contribution in [1.82, 2.24) is 42.5 Å². The fourth-order valence-corrected chi connectivity index (χ4v) is 17.5. The van der Waals surface area contributed by atoms with Gasteiger partial charge in [0.2, 0.25) is 59.1 Å². The molecule has 8 amide bonds. The summed E-state index contributed by atoms with van der Waals surface area (Å²) in [5.74, 6) is -15.5. The number of benzene rings is 8. The van der Waals surface area contributed by atoms with Gasteiger partial charge in [0.05, 0.1) is 46.2 Å². The smallest absolute Gasteiger partial charge is 0.323 e. The van der Waals surface area contributed by atoms with Crippen LogP contribution < -0.4 is 78.3 Å². The highest BCUT2D eigenvalue weighted by molar-refractivity contribution is 6.32. The Bertz CT molecular complexity index is 5930. The Morgan fingerprint density at radius 1 is 0.652 bits per heavy atom. The largest absolute Gasteiger partial charge is 0.508 e. The van der Waals surface area contributed by atoms with Gasteiger partial charge in [-0.25, -0.2) is 0 Å². The van der Waals surface area contributed by atoms with Crippen LogP contribution in [-0.4, -0.2) is 243 Å². The van der Waals surface area contributed by atoms with E-state index in [1.807, 2.05) is 0 Å². The fraction of sp³-hybridized carbons (Fsp3) is 0.398. The molecule has 0 saturated carbocycles. The second kappa shape index (κ2) is 42.8. The number of nitrogens with zero attached hydrogens (tertiary/aromatic N) is 1. The molecule has 8 heterocycles. The maximum absolute atomic E-state index is 16.5. The van der Waals surface area contributed by atoms with Gasteiger partial charge in [0, 0.05) is 53.5 Å². The molecule has 8 aromatic carbocycles. The maximum atomic E-state index is 16.5. The lowest BCUT2D eigenvalue weighted by molar-refractivity contribution is -0.386. The zero-order valence-corrected chi connectivity index (χ0v) is 76.1. The molecular weight excluding hydrogens is 1850 g/mol. The van der Waals surface area contributed by atoms with Gasteiger partial charge in [0.1, 0.15) is 132 Å². The van der Waals surface area contributed by atoms with Crippen molar-refractivity contribution >= 4 is 81.8 Å². The van der Waals surface area contributed by atoms with Crippen LogP contribution in [0.1, 0.15) is 132 Å².